The van der Waals surface area contributed by atoms with Crippen LogP contribution in [0.15, 0.2) is 30.6 Å². The molecule has 2 rings (SSSR count). The van der Waals surface area contributed by atoms with Crippen molar-refractivity contribution < 1.29 is 14.5 Å². The van der Waals surface area contributed by atoms with Crippen molar-refractivity contribution in [3.63, 3.8) is 0 Å². The molecule has 0 aliphatic heterocycles. The molecule has 3 N–H and O–H groups in total. The number of carbonyl (C=O) groups is 1. The van der Waals surface area contributed by atoms with Gasteiger partial charge in [-0.05, 0) is 12.1 Å². The van der Waals surface area contributed by atoms with Crippen molar-refractivity contribution in [3.8, 4) is 5.88 Å². The third-order valence-electron chi connectivity index (χ3n) is 2.55. The highest BCUT2D eigenvalue weighted by molar-refractivity contribution is 6.07. The van der Waals surface area contributed by atoms with Gasteiger partial charge in [-0.3, -0.25) is 14.9 Å². The van der Waals surface area contributed by atoms with Crippen molar-refractivity contribution in [2.24, 2.45) is 0 Å². The normalized spacial score (nSPS) is 9.95. The van der Waals surface area contributed by atoms with Crippen LogP contribution in [0.25, 0.3) is 0 Å². The van der Waals surface area contributed by atoms with E-state index in [9.17, 15) is 14.9 Å². The van der Waals surface area contributed by atoms with Crippen LogP contribution in [0.4, 0.5) is 17.2 Å². The summed E-state index contributed by atoms with van der Waals surface area (Å²) in [7, 11) is 1.46. The zero-order valence-corrected chi connectivity index (χ0v) is 10.9. The molecule has 0 radical (unpaired) electrons. The molecule has 0 saturated heterocycles. The van der Waals surface area contributed by atoms with E-state index in [2.05, 4.69) is 15.3 Å². The number of hydrogen-bond donors (Lipinski definition) is 2. The summed E-state index contributed by atoms with van der Waals surface area (Å²) in [4.78, 5) is 29.8. The van der Waals surface area contributed by atoms with Gasteiger partial charge in [0.25, 0.3) is 11.6 Å². The predicted molar refractivity (Wildman–Crippen MR) is 74.0 cm³/mol. The fraction of sp³-hybridized carbons (Fsp3) is 0.0833. The van der Waals surface area contributed by atoms with Crippen LogP contribution < -0.4 is 15.8 Å². The lowest BCUT2D eigenvalue weighted by molar-refractivity contribution is -0.385. The molecule has 0 atom stereocenters. The van der Waals surface area contributed by atoms with Gasteiger partial charge in [0.15, 0.2) is 0 Å². The molecule has 0 aromatic carbocycles. The smallest absolute Gasteiger partial charge is 0.300 e. The van der Waals surface area contributed by atoms with Crippen LogP contribution in [0.3, 0.4) is 0 Å². The van der Waals surface area contributed by atoms with E-state index < -0.39 is 16.5 Å². The van der Waals surface area contributed by atoms with Crippen LogP contribution >= 0.6 is 0 Å². The second-order valence-corrected chi connectivity index (χ2v) is 3.93. The first kappa shape index (κ1) is 14.2. The number of hydrogen-bond acceptors (Lipinski definition) is 7. The van der Waals surface area contributed by atoms with Crippen molar-refractivity contribution in [1.29, 1.82) is 0 Å². The van der Waals surface area contributed by atoms with Crippen LogP contribution in [0, 0.1) is 10.1 Å². The number of nitrogen functional groups attached to an aromatic ring is 1. The van der Waals surface area contributed by atoms with Crippen LogP contribution in [0.1, 0.15) is 10.4 Å². The van der Waals surface area contributed by atoms with Gasteiger partial charge < -0.3 is 15.8 Å². The number of nitrogens with one attached hydrogen (secondary N) is 1. The number of nitrogens with zero attached hydrogens (tertiary/aromatic N) is 3. The maximum absolute atomic E-state index is 12.1. The van der Waals surface area contributed by atoms with Crippen molar-refractivity contribution in [2.45, 2.75) is 0 Å². The molecule has 2 aromatic heterocycles. The van der Waals surface area contributed by atoms with E-state index in [1.807, 2.05) is 0 Å². The van der Waals surface area contributed by atoms with Crippen LogP contribution in [-0.4, -0.2) is 27.9 Å². The molecular formula is C12H11N5O4. The van der Waals surface area contributed by atoms with Gasteiger partial charge in [-0.25, -0.2) is 9.97 Å². The molecule has 108 valence electrons. The fourth-order valence-corrected chi connectivity index (χ4v) is 1.57. The van der Waals surface area contributed by atoms with Gasteiger partial charge in [0.05, 0.1) is 23.9 Å². The summed E-state index contributed by atoms with van der Waals surface area (Å²) in [6, 6.07) is 4.25. The fourth-order valence-electron chi connectivity index (χ4n) is 1.57. The molecule has 0 saturated carbocycles. The Morgan fingerprint density at radius 2 is 2.14 bits per heavy atom. The van der Waals surface area contributed by atoms with E-state index in [4.69, 9.17) is 10.5 Å². The average Bonchev–Trinajstić information content (AvgIpc) is 2.47. The topological polar surface area (TPSA) is 133 Å². The number of pyridine rings is 2. The Morgan fingerprint density at radius 3 is 2.71 bits per heavy atom. The predicted octanol–water partition coefficient (Wildman–Crippen LogP) is 1.23. The third kappa shape index (κ3) is 3.21. The monoisotopic (exact) mass is 289 g/mol. The minimum absolute atomic E-state index is 0.0126. The molecule has 0 spiro atoms. The Balaban J connectivity index is 2.27. The van der Waals surface area contributed by atoms with Gasteiger partial charge in [0, 0.05) is 6.07 Å². The van der Waals surface area contributed by atoms with E-state index >= 15 is 0 Å². The zero-order valence-electron chi connectivity index (χ0n) is 10.9. The van der Waals surface area contributed by atoms with E-state index in [1.165, 1.54) is 13.3 Å². The lowest BCUT2D eigenvalue weighted by atomic mass is 10.2. The number of aromatic nitrogens is 2. The van der Waals surface area contributed by atoms with Crippen molar-refractivity contribution in [1.82, 2.24) is 9.97 Å². The standard InChI is InChI=1S/C12H11N5O4/c1-21-11-3-2-7(5-15-11)16-12(18)8-4-10(13)14-6-9(8)17(19)20/h2-6H,1H3,(H2,13,14)(H,16,18). The second-order valence-electron chi connectivity index (χ2n) is 3.93. The number of rotatable bonds is 4. The van der Waals surface area contributed by atoms with Gasteiger partial charge >= 0.3 is 0 Å². The minimum atomic E-state index is -0.701. The molecule has 0 bridgehead atoms. The maximum atomic E-state index is 12.1. The first-order chi connectivity index (χ1) is 10.0. The quantitative estimate of drug-likeness (QED) is 0.638. The first-order valence-corrected chi connectivity index (χ1v) is 5.72. The molecule has 9 heteroatoms. The molecule has 2 aromatic rings. The summed E-state index contributed by atoms with van der Waals surface area (Å²) in [5.41, 5.74) is 5.22. The summed E-state index contributed by atoms with van der Waals surface area (Å²) in [6.45, 7) is 0. The summed E-state index contributed by atoms with van der Waals surface area (Å²) in [5.74, 6) is -0.284. The van der Waals surface area contributed by atoms with E-state index in [1.54, 1.807) is 12.1 Å². The van der Waals surface area contributed by atoms with Gasteiger partial charge in [-0.15, -0.1) is 0 Å². The van der Waals surface area contributed by atoms with Gasteiger partial charge in [0.1, 0.15) is 17.6 Å². The van der Waals surface area contributed by atoms with Crippen molar-refractivity contribution in [3.05, 3.63) is 46.3 Å². The Morgan fingerprint density at radius 1 is 1.38 bits per heavy atom. The summed E-state index contributed by atoms with van der Waals surface area (Å²) >= 11 is 0. The number of anilines is 2. The lowest BCUT2D eigenvalue weighted by Crippen LogP contribution is -2.15. The number of nitro groups is 1. The summed E-state index contributed by atoms with van der Waals surface area (Å²) in [5, 5.41) is 13.4. The highest BCUT2D eigenvalue weighted by Crippen LogP contribution is 2.21. The van der Waals surface area contributed by atoms with Crippen LogP contribution in [0.5, 0.6) is 5.88 Å². The van der Waals surface area contributed by atoms with Gasteiger partial charge in [-0.1, -0.05) is 0 Å². The molecule has 0 aliphatic rings. The molecular weight excluding hydrogens is 278 g/mol. The molecule has 9 nitrogen and oxygen atoms in total. The van der Waals surface area contributed by atoms with E-state index in [0.29, 0.717) is 11.6 Å². The molecule has 21 heavy (non-hydrogen) atoms. The Bertz CT molecular complexity index is 687. The lowest BCUT2D eigenvalue weighted by Gasteiger charge is -2.06. The zero-order chi connectivity index (χ0) is 15.4. The highest BCUT2D eigenvalue weighted by atomic mass is 16.6. The second kappa shape index (κ2) is 5.82. The first-order valence-electron chi connectivity index (χ1n) is 5.72. The van der Waals surface area contributed by atoms with Crippen molar-refractivity contribution >= 4 is 23.1 Å². The highest BCUT2D eigenvalue weighted by Gasteiger charge is 2.21. The SMILES string of the molecule is COc1ccc(NC(=O)c2cc(N)ncc2[N+](=O)[O-])cn1. The number of methoxy groups -OCH3 is 1. The molecule has 0 aliphatic carbocycles. The maximum Gasteiger partial charge on any atom is 0.300 e. The number of nitrogens with two attached hydrogens (primary N) is 1. The Hall–Kier alpha value is -3.23. The molecule has 0 fully saturated rings. The third-order valence-corrected chi connectivity index (χ3v) is 2.55. The van der Waals surface area contributed by atoms with E-state index in [0.717, 1.165) is 12.3 Å². The van der Waals surface area contributed by atoms with Crippen molar-refractivity contribution in [2.75, 3.05) is 18.2 Å². The summed E-state index contributed by atoms with van der Waals surface area (Å²) in [6.07, 6.45) is 2.31. The number of amides is 1. The van der Waals surface area contributed by atoms with Gasteiger partial charge in [-0.2, -0.15) is 0 Å². The largest absolute Gasteiger partial charge is 0.481 e. The molecule has 1 amide bonds. The minimum Gasteiger partial charge on any atom is -0.481 e. The summed E-state index contributed by atoms with van der Waals surface area (Å²) < 4.78 is 4.89. The Labute approximate surface area is 118 Å². The molecule has 2 heterocycles. The molecule has 0 unspecified atom stereocenters. The average molecular weight is 289 g/mol. The van der Waals surface area contributed by atoms with Crippen LogP contribution in [0.2, 0.25) is 0 Å². The van der Waals surface area contributed by atoms with E-state index in [-0.39, 0.29) is 11.4 Å². The number of carbonyl (C=O) groups excluding carboxylic acids is 1. The Kier molecular flexibility index (Phi) is 3.93. The van der Waals surface area contributed by atoms with Crippen LogP contribution in [-0.2, 0) is 0 Å². The number of ether oxygens (including phenoxy) is 1. The van der Waals surface area contributed by atoms with Gasteiger partial charge in [0.2, 0.25) is 5.88 Å².